The summed E-state index contributed by atoms with van der Waals surface area (Å²) in [5, 5.41) is 0. The van der Waals surface area contributed by atoms with Crippen LogP contribution in [0.2, 0.25) is 0 Å². The molecule has 0 saturated carbocycles. The second-order valence-corrected chi connectivity index (χ2v) is 6.26. The van der Waals surface area contributed by atoms with Crippen LogP contribution in [-0.4, -0.2) is 34.6 Å². The molecule has 0 unspecified atom stereocenters. The number of nitrogens with zero attached hydrogens (tertiary/aromatic N) is 3. The number of aromatic nitrogens is 2. The highest BCUT2D eigenvalue weighted by Gasteiger charge is 2.20. The molecule has 2 aromatic rings. The van der Waals surface area contributed by atoms with Crippen molar-refractivity contribution < 1.29 is 13.5 Å². The van der Waals surface area contributed by atoms with Crippen molar-refractivity contribution >= 4 is 0 Å². The zero-order valence-electron chi connectivity index (χ0n) is 13.7. The molecule has 6 heteroatoms. The van der Waals surface area contributed by atoms with Gasteiger partial charge in [0, 0.05) is 25.0 Å². The molecule has 0 radical (unpaired) electrons. The number of piperidine rings is 1. The van der Waals surface area contributed by atoms with Gasteiger partial charge in [0.2, 0.25) is 5.88 Å². The maximum absolute atomic E-state index is 13.3. The zero-order chi connectivity index (χ0) is 16.9. The third-order valence-corrected chi connectivity index (χ3v) is 4.33. The lowest BCUT2D eigenvalue weighted by molar-refractivity contribution is 0.134. The molecule has 128 valence electrons. The monoisotopic (exact) mass is 333 g/mol. The summed E-state index contributed by atoms with van der Waals surface area (Å²) in [7, 11) is 0. The number of rotatable bonds is 5. The van der Waals surface area contributed by atoms with Crippen molar-refractivity contribution in [3.05, 3.63) is 53.5 Å². The minimum Gasteiger partial charge on any atom is -0.476 e. The molecule has 3 rings (SSSR count). The van der Waals surface area contributed by atoms with Gasteiger partial charge in [-0.05, 0) is 56.5 Å². The Morgan fingerprint density at radius 3 is 2.42 bits per heavy atom. The fraction of sp³-hybridized carbons (Fsp3) is 0.444. The van der Waals surface area contributed by atoms with E-state index in [9.17, 15) is 8.78 Å². The standard InChI is InChI=1S/C18H21F2N3O/c1-13-18(22-5-4-21-13)24-12-14-2-6-23(7-3-14)11-15-8-16(19)10-17(20)9-15/h4-5,8-10,14H,2-3,6-7,11-12H2,1H3. The third-order valence-electron chi connectivity index (χ3n) is 4.33. The first-order valence-electron chi connectivity index (χ1n) is 8.18. The molecule has 0 atom stereocenters. The predicted molar refractivity (Wildman–Crippen MR) is 86.6 cm³/mol. The molecule has 4 nitrogen and oxygen atoms in total. The van der Waals surface area contributed by atoms with Gasteiger partial charge in [0.05, 0.1) is 12.3 Å². The van der Waals surface area contributed by atoms with E-state index in [1.165, 1.54) is 12.1 Å². The Morgan fingerprint density at radius 2 is 1.75 bits per heavy atom. The highest BCUT2D eigenvalue weighted by molar-refractivity contribution is 5.18. The van der Waals surface area contributed by atoms with E-state index in [-0.39, 0.29) is 0 Å². The molecule has 24 heavy (non-hydrogen) atoms. The van der Waals surface area contributed by atoms with E-state index in [2.05, 4.69) is 14.9 Å². The van der Waals surface area contributed by atoms with Crippen molar-refractivity contribution in [1.29, 1.82) is 0 Å². The van der Waals surface area contributed by atoms with Gasteiger partial charge in [-0.2, -0.15) is 0 Å². The first-order valence-corrected chi connectivity index (χ1v) is 8.18. The van der Waals surface area contributed by atoms with Crippen LogP contribution < -0.4 is 4.74 Å². The van der Waals surface area contributed by atoms with Crippen LogP contribution in [0.3, 0.4) is 0 Å². The van der Waals surface area contributed by atoms with Crippen LogP contribution in [0.4, 0.5) is 8.78 Å². The molecule has 0 spiro atoms. The second-order valence-electron chi connectivity index (χ2n) is 6.26. The summed E-state index contributed by atoms with van der Waals surface area (Å²) in [6, 6.07) is 3.70. The maximum Gasteiger partial charge on any atom is 0.235 e. The quantitative estimate of drug-likeness (QED) is 0.841. The molecule has 1 aliphatic rings. The molecule has 1 fully saturated rings. The van der Waals surface area contributed by atoms with Crippen molar-refractivity contribution in [2.75, 3.05) is 19.7 Å². The van der Waals surface area contributed by atoms with Crippen molar-refractivity contribution in [3.63, 3.8) is 0 Å². The number of hydrogen-bond donors (Lipinski definition) is 0. The number of ether oxygens (including phenoxy) is 1. The molecule has 0 amide bonds. The lowest BCUT2D eigenvalue weighted by Crippen LogP contribution is -2.35. The topological polar surface area (TPSA) is 38.3 Å². The third kappa shape index (κ3) is 4.47. The highest BCUT2D eigenvalue weighted by Crippen LogP contribution is 2.21. The Labute approximate surface area is 140 Å². The van der Waals surface area contributed by atoms with Gasteiger partial charge in [-0.3, -0.25) is 9.88 Å². The van der Waals surface area contributed by atoms with Gasteiger partial charge in [-0.25, -0.2) is 13.8 Å². The zero-order valence-corrected chi connectivity index (χ0v) is 13.7. The fourth-order valence-corrected chi connectivity index (χ4v) is 3.00. The van der Waals surface area contributed by atoms with E-state index in [0.717, 1.165) is 37.7 Å². The molecule has 1 saturated heterocycles. The summed E-state index contributed by atoms with van der Waals surface area (Å²) in [4.78, 5) is 10.6. The van der Waals surface area contributed by atoms with Crippen LogP contribution in [0.1, 0.15) is 24.1 Å². The number of halogens is 2. The maximum atomic E-state index is 13.3. The summed E-state index contributed by atoms with van der Waals surface area (Å²) < 4.78 is 32.3. The molecule has 0 aliphatic carbocycles. The lowest BCUT2D eigenvalue weighted by atomic mass is 9.97. The molecule has 0 bridgehead atoms. The smallest absolute Gasteiger partial charge is 0.235 e. The lowest BCUT2D eigenvalue weighted by Gasteiger charge is -2.31. The van der Waals surface area contributed by atoms with E-state index < -0.39 is 11.6 Å². The van der Waals surface area contributed by atoms with Gasteiger partial charge in [0.25, 0.3) is 0 Å². The molecular weight excluding hydrogens is 312 g/mol. The molecular formula is C18H21F2N3O. The number of benzene rings is 1. The average Bonchev–Trinajstić information content (AvgIpc) is 2.54. The average molecular weight is 333 g/mol. The van der Waals surface area contributed by atoms with Crippen molar-refractivity contribution in [1.82, 2.24) is 14.9 Å². The molecule has 2 heterocycles. The van der Waals surface area contributed by atoms with Crippen LogP contribution in [0.15, 0.2) is 30.6 Å². The van der Waals surface area contributed by atoms with Crippen LogP contribution in [0.25, 0.3) is 0 Å². The van der Waals surface area contributed by atoms with Gasteiger partial charge in [-0.1, -0.05) is 0 Å². The summed E-state index contributed by atoms with van der Waals surface area (Å²) in [5.74, 6) is 0.0160. The van der Waals surface area contributed by atoms with Crippen LogP contribution >= 0.6 is 0 Å². The Bertz CT molecular complexity index is 667. The number of aryl methyl sites for hydroxylation is 1. The summed E-state index contributed by atoms with van der Waals surface area (Å²) in [6.45, 7) is 4.87. The minimum atomic E-state index is -0.521. The SMILES string of the molecule is Cc1nccnc1OCC1CCN(Cc2cc(F)cc(F)c2)CC1. The van der Waals surface area contributed by atoms with Crippen molar-refractivity contribution in [3.8, 4) is 5.88 Å². The van der Waals surface area contributed by atoms with Crippen molar-refractivity contribution in [2.24, 2.45) is 5.92 Å². The van der Waals surface area contributed by atoms with Gasteiger partial charge in [0.15, 0.2) is 0 Å². The Morgan fingerprint density at radius 1 is 1.08 bits per heavy atom. The predicted octanol–water partition coefficient (Wildman–Crippen LogP) is 3.35. The minimum absolute atomic E-state index is 0.465. The van der Waals surface area contributed by atoms with E-state index in [1.54, 1.807) is 12.4 Å². The van der Waals surface area contributed by atoms with E-state index in [0.29, 0.717) is 30.5 Å². The number of likely N-dealkylation sites (tertiary alicyclic amines) is 1. The molecule has 1 aliphatic heterocycles. The summed E-state index contributed by atoms with van der Waals surface area (Å²) >= 11 is 0. The van der Waals surface area contributed by atoms with Gasteiger partial charge >= 0.3 is 0 Å². The van der Waals surface area contributed by atoms with E-state index in [1.807, 2.05) is 6.92 Å². The van der Waals surface area contributed by atoms with Crippen molar-refractivity contribution in [2.45, 2.75) is 26.3 Å². The van der Waals surface area contributed by atoms with Crippen LogP contribution in [-0.2, 0) is 6.54 Å². The molecule has 0 N–H and O–H groups in total. The second kappa shape index (κ2) is 7.66. The van der Waals surface area contributed by atoms with E-state index in [4.69, 9.17) is 4.74 Å². The largest absolute Gasteiger partial charge is 0.476 e. The molecule has 1 aromatic heterocycles. The normalized spacial score (nSPS) is 16.3. The number of hydrogen-bond acceptors (Lipinski definition) is 4. The van der Waals surface area contributed by atoms with Crippen LogP contribution in [0, 0.1) is 24.5 Å². The first-order chi connectivity index (χ1) is 11.6. The Hall–Kier alpha value is -2.08. The Balaban J connectivity index is 1.46. The highest BCUT2D eigenvalue weighted by atomic mass is 19.1. The van der Waals surface area contributed by atoms with Gasteiger partial charge in [-0.15, -0.1) is 0 Å². The fourth-order valence-electron chi connectivity index (χ4n) is 3.00. The van der Waals surface area contributed by atoms with Crippen LogP contribution in [0.5, 0.6) is 5.88 Å². The summed E-state index contributed by atoms with van der Waals surface area (Å²) in [6.07, 6.45) is 5.27. The van der Waals surface area contributed by atoms with Gasteiger partial charge < -0.3 is 4.74 Å². The van der Waals surface area contributed by atoms with E-state index >= 15 is 0 Å². The van der Waals surface area contributed by atoms with Gasteiger partial charge in [0.1, 0.15) is 11.6 Å². The Kier molecular flexibility index (Phi) is 5.35. The summed E-state index contributed by atoms with van der Waals surface area (Å²) in [5.41, 5.74) is 1.47. The first kappa shape index (κ1) is 16.8. The molecule has 1 aromatic carbocycles.